The van der Waals surface area contributed by atoms with E-state index in [1.165, 1.54) is 11.1 Å². The second-order valence-corrected chi connectivity index (χ2v) is 5.35. The van der Waals surface area contributed by atoms with E-state index in [1.54, 1.807) is 0 Å². The molecule has 1 atom stereocenters. The maximum Gasteiger partial charge on any atom is 0.0855 e. The highest BCUT2D eigenvalue weighted by Crippen LogP contribution is 2.36. The van der Waals surface area contributed by atoms with Gasteiger partial charge in [-0.25, -0.2) is 0 Å². The van der Waals surface area contributed by atoms with Crippen molar-refractivity contribution in [3.05, 3.63) is 35.4 Å². The molecule has 0 aromatic heterocycles. The van der Waals surface area contributed by atoms with E-state index >= 15 is 0 Å². The van der Waals surface area contributed by atoms with Crippen molar-refractivity contribution in [2.75, 3.05) is 19.8 Å². The van der Waals surface area contributed by atoms with Crippen molar-refractivity contribution < 1.29 is 14.6 Å². The van der Waals surface area contributed by atoms with Crippen LogP contribution in [0.4, 0.5) is 0 Å². The Morgan fingerprint density at radius 1 is 1.17 bits per heavy atom. The summed E-state index contributed by atoms with van der Waals surface area (Å²) in [7, 11) is 0. The molecule has 0 spiro atoms. The van der Waals surface area contributed by atoms with Crippen LogP contribution >= 0.6 is 0 Å². The van der Waals surface area contributed by atoms with Gasteiger partial charge in [-0.05, 0) is 30.4 Å². The standard InChI is InChI=1S/C15H20O3/c16-15(6-9-17-10-7-15)11-14-13-4-2-1-3-12(13)5-8-18-14/h1-4,14,16H,5-11H2. The van der Waals surface area contributed by atoms with Crippen molar-refractivity contribution in [2.24, 2.45) is 0 Å². The maximum atomic E-state index is 10.6. The molecule has 1 aromatic rings. The monoisotopic (exact) mass is 248 g/mol. The summed E-state index contributed by atoms with van der Waals surface area (Å²) in [4.78, 5) is 0. The van der Waals surface area contributed by atoms with Crippen LogP contribution < -0.4 is 0 Å². The Morgan fingerprint density at radius 2 is 1.94 bits per heavy atom. The summed E-state index contributed by atoms with van der Waals surface area (Å²) in [6, 6.07) is 8.42. The van der Waals surface area contributed by atoms with Crippen LogP contribution in [0.3, 0.4) is 0 Å². The Kier molecular flexibility index (Phi) is 3.37. The van der Waals surface area contributed by atoms with Crippen molar-refractivity contribution in [3.63, 3.8) is 0 Å². The van der Waals surface area contributed by atoms with E-state index in [4.69, 9.17) is 9.47 Å². The summed E-state index contributed by atoms with van der Waals surface area (Å²) in [5.41, 5.74) is 2.00. The van der Waals surface area contributed by atoms with Crippen LogP contribution in [0.25, 0.3) is 0 Å². The minimum atomic E-state index is -0.618. The minimum absolute atomic E-state index is 0.0399. The molecule has 3 nitrogen and oxygen atoms in total. The molecular formula is C15H20O3. The van der Waals surface area contributed by atoms with Gasteiger partial charge in [0.05, 0.1) is 18.3 Å². The van der Waals surface area contributed by atoms with Gasteiger partial charge in [0.15, 0.2) is 0 Å². The number of ether oxygens (including phenoxy) is 2. The fourth-order valence-corrected chi connectivity index (χ4v) is 2.95. The van der Waals surface area contributed by atoms with E-state index in [0.29, 0.717) is 19.6 Å². The van der Waals surface area contributed by atoms with Gasteiger partial charge in [0.25, 0.3) is 0 Å². The van der Waals surface area contributed by atoms with Gasteiger partial charge in [-0.1, -0.05) is 24.3 Å². The Hall–Kier alpha value is -0.900. The molecule has 2 heterocycles. The maximum absolute atomic E-state index is 10.6. The molecule has 1 unspecified atom stereocenters. The molecule has 0 bridgehead atoms. The normalized spacial score (nSPS) is 26.6. The lowest BCUT2D eigenvalue weighted by Gasteiger charge is -2.37. The van der Waals surface area contributed by atoms with E-state index in [1.807, 2.05) is 0 Å². The molecule has 1 aromatic carbocycles. The summed E-state index contributed by atoms with van der Waals surface area (Å²) in [6.07, 6.45) is 3.14. The number of hydrogen-bond donors (Lipinski definition) is 1. The predicted molar refractivity (Wildman–Crippen MR) is 68.5 cm³/mol. The highest BCUT2D eigenvalue weighted by molar-refractivity contribution is 5.31. The van der Waals surface area contributed by atoms with E-state index in [2.05, 4.69) is 24.3 Å². The molecule has 0 radical (unpaired) electrons. The lowest BCUT2D eigenvalue weighted by molar-refractivity contribution is -0.100. The lowest BCUT2D eigenvalue weighted by atomic mass is 9.84. The smallest absolute Gasteiger partial charge is 0.0855 e. The van der Waals surface area contributed by atoms with Crippen LogP contribution in [0.2, 0.25) is 0 Å². The molecule has 0 aliphatic carbocycles. The average molecular weight is 248 g/mol. The predicted octanol–water partition coefficient (Wildman–Crippen LogP) is 2.23. The fraction of sp³-hybridized carbons (Fsp3) is 0.600. The van der Waals surface area contributed by atoms with Crippen molar-refractivity contribution in [1.29, 1.82) is 0 Å². The highest BCUT2D eigenvalue weighted by Gasteiger charge is 2.35. The Labute approximate surface area is 108 Å². The number of benzene rings is 1. The van der Waals surface area contributed by atoms with Gasteiger partial charge in [0.2, 0.25) is 0 Å². The zero-order valence-corrected chi connectivity index (χ0v) is 10.6. The summed E-state index contributed by atoms with van der Waals surface area (Å²) in [5.74, 6) is 0. The Balaban J connectivity index is 1.77. The highest BCUT2D eigenvalue weighted by atomic mass is 16.5. The zero-order valence-electron chi connectivity index (χ0n) is 10.6. The van der Waals surface area contributed by atoms with Gasteiger partial charge in [0, 0.05) is 19.6 Å². The third kappa shape index (κ3) is 2.44. The third-order valence-electron chi connectivity index (χ3n) is 4.08. The molecule has 2 aliphatic heterocycles. The van der Waals surface area contributed by atoms with Gasteiger partial charge in [-0.15, -0.1) is 0 Å². The molecule has 1 N–H and O–H groups in total. The molecule has 98 valence electrons. The largest absolute Gasteiger partial charge is 0.390 e. The number of rotatable bonds is 2. The average Bonchev–Trinajstić information content (AvgIpc) is 2.40. The van der Waals surface area contributed by atoms with E-state index in [0.717, 1.165) is 25.9 Å². The van der Waals surface area contributed by atoms with Crippen LogP contribution in [0.15, 0.2) is 24.3 Å². The quantitative estimate of drug-likeness (QED) is 0.872. The summed E-state index contributed by atoms with van der Waals surface area (Å²) < 4.78 is 11.2. The number of aliphatic hydroxyl groups is 1. The lowest BCUT2D eigenvalue weighted by Crippen LogP contribution is -2.38. The van der Waals surface area contributed by atoms with Gasteiger partial charge in [-0.2, -0.15) is 0 Å². The fourth-order valence-electron chi connectivity index (χ4n) is 2.95. The first-order valence-electron chi connectivity index (χ1n) is 6.76. The summed E-state index contributed by atoms with van der Waals surface area (Å²) >= 11 is 0. The minimum Gasteiger partial charge on any atom is -0.390 e. The second-order valence-electron chi connectivity index (χ2n) is 5.35. The third-order valence-corrected chi connectivity index (χ3v) is 4.08. The Bertz CT molecular complexity index is 410. The first-order valence-corrected chi connectivity index (χ1v) is 6.76. The molecule has 0 amide bonds. The molecule has 1 fully saturated rings. The van der Waals surface area contributed by atoms with Crippen LogP contribution in [0.5, 0.6) is 0 Å². The van der Waals surface area contributed by atoms with Crippen LogP contribution in [-0.4, -0.2) is 30.5 Å². The molecule has 18 heavy (non-hydrogen) atoms. The van der Waals surface area contributed by atoms with Gasteiger partial charge >= 0.3 is 0 Å². The second kappa shape index (κ2) is 5.00. The zero-order chi connectivity index (χ0) is 12.4. The van der Waals surface area contributed by atoms with E-state index in [9.17, 15) is 5.11 Å². The van der Waals surface area contributed by atoms with Gasteiger partial charge in [-0.3, -0.25) is 0 Å². The van der Waals surface area contributed by atoms with Crippen LogP contribution in [0, 0.1) is 0 Å². The van der Waals surface area contributed by atoms with Gasteiger partial charge in [0.1, 0.15) is 0 Å². The van der Waals surface area contributed by atoms with Crippen LogP contribution in [-0.2, 0) is 15.9 Å². The number of fused-ring (bicyclic) bond motifs is 1. The summed E-state index contributed by atoms with van der Waals surface area (Å²) in [5, 5.41) is 10.6. The molecular weight excluding hydrogens is 228 g/mol. The molecule has 3 heteroatoms. The van der Waals surface area contributed by atoms with Crippen molar-refractivity contribution in [2.45, 2.75) is 37.4 Å². The Morgan fingerprint density at radius 3 is 2.78 bits per heavy atom. The SMILES string of the molecule is OC1(CC2OCCc3ccccc32)CCOCC1. The summed E-state index contributed by atoms with van der Waals surface area (Å²) in [6.45, 7) is 2.07. The number of hydrogen-bond acceptors (Lipinski definition) is 3. The first kappa shape index (κ1) is 12.2. The van der Waals surface area contributed by atoms with Crippen molar-refractivity contribution in [3.8, 4) is 0 Å². The van der Waals surface area contributed by atoms with Crippen LogP contribution in [0.1, 0.15) is 36.5 Å². The molecule has 1 saturated heterocycles. The van der Waals surface area contributed by atoms with Gasteiger partial charge < -0.3 is 14.6 Å². The topological polar surface area (TPSA) is 38.7 Å². The van der Waals surface area contributed by atoms with E-state index < -0.39 is 5.60 Å². The molecule has 2 aliphatic rings. The van der Waals surface area contributed by atoms with Crippen molar-refractivity contribution >= 4 is 0 Å². The first-order chi connectivity index (χ1) is 8.77. The van der Waals surface area contributed by atoms with E-state index in [-0.39, 0.29) is 6.10 Å². The molecule has 3 rings (SSSR count). The van der Waals surface area contributed by atoms with Crippen molar-refractivity contribution in [1.82, 2.24) is 0 Å². The molecule has 0 saturated carbocycles.